The smallest absolute Gasteiger partial charge is 0.251 e. The van der Waals surface area contributed by atoms with Crippen molar-refractivity contribution in [1.29, 1.82) is 0 Å². The number of nitrogens with two attached hydrogens (primary N) is 1. The number of anilines is 1. The number of halogens is 1. The molecule has 1 aromatic heterocycles. The van der Waals surface area contributed by atoms with Crippen molar-refractivity contribution >= 4 is 23.3 Å². The van der Waals surface area contributed by atoms with Crippen LogP contribution in [0.5, 0.6) is 0 Å². The number of unbranched alkanes of at least 4 members (excludes halogenated alkanes) is 1. The molecule has 0 bridgehead atoms. The Bertz CT molecular complexity index is 439. The summed E-state index contributed by atoms with van der Waals surface area (Å²) in [4.78, 5) is 16.2. The minimum Gasteiger partial charge on any atom is -0.349 e. The van der Waals surface area contributed by atoms with Crippen LogP contribution in [0.3, 0.4) is 0 Å². The van der Waals surface area contributed by atoms with Crippen molar-refractivity contribution in [3.63, 3.8) is 0 Å². The topological polar surface area (TPSA) is 80.0 Å². The lowest BCUT2D eigenvalue weighted by molar-refractivity contribution is 0.0932. The van der Waals surface area contributed by atoms with Crippen LogP contribution < -0.4 is 16.6 Å². The van der Waals surface area contributed by atoms with Crippen LogP contribution in [-0.4, -0.2) is 16.9 Å². The lowest BCUT2D eigenvalue weighted by atomic mass is 10.0. The maximum Gasteiger partial charge on any atom is 0.251 e. The van der Waals surface area contributed by atoms with E-state index in [0.29, 0.717) is 11.4 Å². The first-order chi connectivity index (χ1) is 9.60. The number of hydrogen-bond donors (Lipinski definition) is 3. The molecular weight excluding hydrogens is 276 g/mol. The SMILES string of the molecule is CCCCC(CCC)NC(=O)c1cc(Cl)nc(NN)c1. The van der Waals surface area contributed by atoms with Gasteiger partial charge in [0.05, 0.1) is 0 Å². The number of nitrogens with one attached hydrogen (secondary N) is 2. The Labute approximate surface area is 125 Å². The maximum absolute atomic E-state index is 12.2. The van der Waals surface area contributed by atoms with Crippen LogP contribution in [0.1, 0.15) is 56.3 Å². The Morgan fingerprint density at radius 1 is 1.35 bits per heavy atom. The van der Waals surface area contributed by atoms with Crippen LogP contribution in [0.25, 0.3) is 0 Å². The minimum atomic E-state index is -0.139. The highest BCUT2D eigenvalue weighted by Gasteiger charge is 2.14. The van der Waals surface area contributed by atoms with E-state index in [-0.39, 0.29) is 17.1 Å². The van der Waals surface area contributed by atoms with Gasteiger partial charge in [0, 0.05) is 11.6 Å². The lowest BCUT2D eigenvalue weighted by Crippen LogP contribution is -2.34. The summed E-state index contributed by atoms with van der Waals surface area (Å²) in [5.41, 5.74) is 2.87. The molecule has 1 aromatic rings. The zero-order valence-corrected chi connectivity index (χ0v) is 12.8. The van der Waals surface area contributed by atoms with E-state index in [1.54, 1.807) is 12.1 Å². The van der Waals surface area contributed by atoms with E-state index in [0.717, 1.165) is 32.1 Å². The van der Waals surface area contributed by atoms with E-state index in [2.05, 4.69) is 29.6 Å². The van der Waals surface area contributed by atoms with E-state index in [1.807, 2.05) is 0 Å². The van der Waals surface area contributed by atoms with Gasteiger partial charge in [-0.2, -0.15) is 0 Å². The van der Waals surface area contributed by atoms with E-state index < -0.39 is 0 Å². The van der Waals surface area contributed by atoms with Crippen molar-refractivity contribution in [2.75, 3.05) is 5.43 Å². The summed E-state index contributed by atoms with van der Waals surface area (Å²) in [6.07, 6.45) is 5.25. The molecule has 0 aliphatic rings. The summed E-state index contributed by atoms with van der Waals surface area (Å²) in [6, 6.07) is 3.33. The Kier molecular flexibility index (Phi) is 7.33. The molecule has 0 aromatic carbocycles. The lowest BCUT2D eigenvalue weighted by Gasteiger charge is -2.18. The van der Waals surface area contributed by atoms with Gasteiger partial charge in [0.15, 0.2) is 0 Å². The largest absolute Gasteiger partial charge is 0.349 e. The molecule has 1 atom stereocenters. The van der Waals surface area contributed by atoms with Crippen LogP contribution in [0.4, 0.5) is 5.82 Å². The highest BCUT2D eigenvalue weighted by Crippen LogP contribution is 2.15. The minimum absolute atomic E-state index is 0.139. The van der Waals surface area contributed by atoms with E-state index in [4.69, 9.17) is 17.4 Å². The number of carbonyl (C=O) groups excluding carboxylic acids is 1. The monoisotopic (exact) mass is 298 g/mol. The summed E-state index contributed by atoms with van der Waals surface area (Å²) < 4.78 is 0. The number of nitrogens with zero attached hydrogens (tertiary/aromatic N) is 1. The molecule has 6 heteroatoms. The molecule has 4 N–H and O–H groups in total. The molecule has 0 saturated carbocycles. The summed E-state index contributed by atoms with van der Waals surface area (Å²) in [5, 5.41) is 3.30. The Morgan fingerprint density at radius 3 is 2.70 bits per heavy atom. The van der Waals surface area contributed by atoms with E-state index in [1.165, 1.54) is 0 Å². The summed E-state index contributed by atoms with van der Waals surface area (Å²) in [5.74, 6) is 5.54. The zero-order chi connectivity index (χ0) is 15.0. The number of pyridine rings is 1. The number of amides is 1. The van der Waals surface area contributed by atoms with Crippen LogP contribution >= 0.6 is 11.6 Å². The fourth-order valence-electron chi connectivity index (χ4n) is 2.06. The zero-order valence-electron chi connectivity index (χ0n) is 12.1. The second kappa shape index (κ2) is 8.76. The van der Waals surface area contributed by atoms with Gasteiger partial charge in [0.1, 0.15) is 11.0 Å². The van der Waals surface area contributed by atoms with Crippen molar-refractivity contribution in [3.05, 3.63) is 22.8 Å². The Balaban J connectivity index is 2.74. The summed E-state index contributed by atoms with van der Waals surface area (Å²) in [6.45, 7) is 4.26. The molecule has 0 spiro atoms. The first-order valence-electron chi connectivity index (χ1n) is 7.05. The first-order valence-corrected chi connectivity index (χ1v) is 7.43. The number of carbonyl (C=O) groups is 1. The van der Waals surface area contributed by atoms with E-state index >= 15 is 0 Å². The van der Waals surface area contributed by atoms with Gasteiger partial charge in [-0.15, -0.1) is 0 Å². The number of hydrazine groups is 1. The van der Waals surface area contributed by atoms with Crippen molar-refractivity contribution in [1.82, 2.24) is 10.3 Å². The van der Waals surface area contributed by atoms with Gasteiger partial charge in [0.25, 0.3) is 5.91 Å². The molecule has 1 heterocycles. The maximum atomic E-state index is 12.2. The predicted molar refractivity (Wildman–Crippen MR) is 82.7 cm³/mol. The average molecular weight is 299 g/mol. The van der Waals surface area contributed by atoms with Gasteiger partial charge in [-0.3, -0.25) is 4.79 Å². The fraction of sp³-hybridized carbons (Fsp3) is 0.571. The van der Waals surface area contributed by atoms with Crippen molar-refractivity contribution in [2.45, 2.75) is 52.0 Å². The van der Waals surface area contributed by atoms with E-state index in [9.17, 15) is 4.79 Å². The molecule has 0 saturated heterocycles. The van der Waals surface area contributed by atoms with Gasteiger partial charge in [-0.1, -0.05) is 44.7 Å². The van der Waals surface area contributed by atoms with Gasteiger partial charge >= 0.3 is 0 Å². The molecule has 0 aliphatic carbocycles. The van der Waals surface area contributed by atoms with Crippen LogP contribution in [0, 0.1) is 0 Å². The molecule has 0 aliphatic heterocycles. The number of rotatable bonds is 8. The predicted octanol–water partition coefficient (Wildman–Crippen LogP) is 3.11. The van der Waals surface area contributed by atoms with Crippen LogP contribution in [0.2, 0.25) is 5.15 Å². The van der Waals surface area contributed by atoms with Gasteiger partial charge in [-0.25, -0.2) is 10.8 Å². The highest BCUT2D eigenvalue weighted by atomic mass is 35.5. The second-order valence-corrected chi connectivity index (χ2v) is 5.20. The standard InChI is InChI=1S/C14H23ClN4O/c1-3-5-7-11(6-4-2)17-14(20)10-8-12(15)18-13(9-10)19-16/h8-9,11H,3-7,16H2,1-2H3,(H,17,20)(H,18,19). The van der Waals surface area contributed by atoms with Gasteiger partial charge < -0.3 is 10.7 Å². The molecule has 1 unspecified atom stereocenters. The molecule has 5 nitrogen and oxygen atoms in total. The normalized spacial score (nSPS) is 12.0. The van der Waals surface area contributed by atoms with Crippen molar-refractivity contribution in [2.24, 2.45) is 5.84 Å². The molecule has 20 heavy (non-hydrogen) atoms. The van der Waals surface area contributed by atoms with Crippen molar-refractivity contribution < 1.29 is 4.79 Å². The Hall–Kier alpha value is -1.33. The third-order valence-electron chi connectivity index (χ3n) is 3.08. The molecule has 0 radical (unpaired) electrons. The number of nitrogen functional groups attached to an aromatic ring is 1. The molecule has 0 fully saturated rings. The quantitative estimate of drug-likeness (QED) is 0.391. The van der Waals surface area contributed by atoms with Crippen molar-refractivity contribution in [3.8, 4) is 0 Å². The average Bonchev–Trinajstić information content (AvgIpc) is 2.44. The molecule has 112 valence electrons. The third-order valence-corrected chi connectivity index (χ3v) is 3.28. The summed E-state index contributed by atoms with van der Waals surface area (Å²) in [7, 11) is 0. The first kappa shape index (κ1) is 16.7. The Morgan fingerprint density at radius 2 is 2.10 bits per heavy atom. The summed E-state index contributed by atoms with van der Waals surface area (Å²) >= 11 is 5.87. The molecule has 1 amide bonds. The van der Waals surface area contributed by atoms with Gasteiger partial charge in [0.2, 0.25) is 0 Å². The number of aromatic nitrogens is 1. The fourth-order valence-corrected chi connectivity index (χ4v) is 2.27. The van der Waals surface area contributed by atoms with Gasteiger partial charge in [-0.05, 0) is 25.0 Å². The second-order valence-electron chi connectivity index (χ2n) is 4.81. The highest BCUT2D eigenvalue weighted by molar-refractivity contribution is 6.29. The molecule has 1 rings (SSSR count). The third kappa shape index (κ3) is 5.35. The number of hydrogen-bond acceptors (Lipinski definition) is 4. The van der Waals surface area contributed by atoms with Crippen LogP contribution in [-0.2, 0) is 0 Å². The van der Waals surface area contributed by atoms with Crippen LogP contribution in [0.15, 0.2) is 12.1 Å². The molecular formula is C14H23ClN4O.